The highest BCUT2D eigenvalue weighted by Crippen LogP contribution is 2.30. The highest BCUT2D eigenvalue weighted by atomic mass is 19.4. The number of hydrogen-bond donors (Lipinski definition) is 1. The fourth-order valence-electron chi connectivity index (χ4n) is 2.12. The molecule has 1 aliphatic rings. The van der Waals surface area contributed by atoms with E-state index in [1.165, 1.54) is 0 Å². The molecule has 0 fully saturated rings. The molecular formula is C12H14F3NO. The predicted octanol–water partition coefficient (Wildman–Crippen LogP) is 2.36. The first kappa shape index (κ1) is 12.2. The summed E-state index contributed by atoms with van der Waals surface area (Å²) >= 11 is 0. The number of nitrogens with two attached hydrogens (primary N) is 1. The molecule has 1 atom stereocenters. The lowest BCUT2D eigenvalue weighted by Crippen LogP contribution is -2.19. The summed E-state index contributed by atoms with van der Waals surface area (Å²) in [6.07, 6.45) is -2.81. The molecule has 17 heavy (non-hydrogen) atoms. The van der Waals surface area contributed by atoms with Crippen molar-refractivity contribution in [2.45, 2.75) is 32.0 Å². The minimum absolute atomic E-state index is 0.0715. The lowest BCUT2D eigenvalue weighted by atomic mass is 10.1. The molecule has 0 saturated heterocycles. The van der Waals surface area contributed by atoms with Crippen LogP contribution in [-0.4, -0.2) is 18.8 Å². The van der Waals surface area contributed by atoms with Crippen LogP contribution in [0.1, 0.15) is 16.7 Å². The third kappa shape index (κ3) is 2.91. The zero-order chi connectivity index (χ0) is 12.6. The summed E-state index contributed by atoms with van der Waals surface area (Å²) in [5, 5.41) is 0. The van der Waals surface area contributed by atoms with Gasteiger partial charge in [0, 0.05) is 6.04 Å². The number of alkyl halides is 3. The van der Waals surface area contributed by atoms with Crippen molar-refractivity contribution in [3.05, 3.63) is 28.8 Å². The molecule has 2 N–H and O–H groups in total. The number of rotatable bonds is 2. The monoisotopic (exact) mass is 245 g/mol. The van der Waals surface area contributed by atoms with Crippen LogP contribution >= 0.6 is 0 Å². The van der Waals surface area contributed by atoms with Crippen LogP contribution in [0.3, 0.4) is 0 Å². The molecule has 1 aromatic carbocycles. The normalized spacial score (nSPS) is 19.2. The summed E-state index contributed by atoms with van der Waals surface area (Å²) in [5.74, 6) is 0.301. The molecule has 1 unspecified atom stereocenters. The van der Waals surface area contributed by atoms with Crippen molar-refractivity contribution in [3.8, 4) is 5.75 Å². The number of ether oxygens (including phenoxy) is 1. The van der Waals surface area contributed by atoms with Gasteiger partial charge < -0.3 is 10.5 Å². The highest BCUT2D eigenvalue weighted by molar-refractivity contribution is 5.45. The van der Waals surface area contributed by atoms with Gasteiger partial charge in [0.05, 0.1) is 0 Å². The second-order valence-electron chi connectivity index (χ2n) is 4.46. The molecule has 5 heteroatoms. The summed E-state index contributed by atoms with van der Waals surface area (Å²) in [7, 11) is 0. The largest absolute Gasteiger partial charge is 0.484 e. The molecule has 0 radical (unpaired) electrons. The maximum Gasteiger partial charge on any atom is 0.422 e. The first-order valence-electron chi connectivity index (χ1n) is 5.42. The molecule has 0 saturated carbocycles. The van der Waals surface area contributed by atoms with E-state index in [1.807, 2.05) is 6.07 Å². The van der Waals surface area contributed by atoms with Crippen LogP contribution in [0.15, 0.2) is 12.1 Å². The zero-order valence-electron chi connectivity index (χ0n) is 9.47. The molecule has 0 spiro atoms. The Hall–Kier alpha value is -1.23. The second kappa shape index (κ2) is 4.22. The zero-order valence-corrected chi connectivity index (χ0v) is 9.47. The maximum atomic E-state index is 12.1. The van der Waals surface area contributed by atoms with Crippen LogP contribution in [0.2, 0.25) is 0 Å². The van der Waals surface area contributed by atoms with Crippen molar-refractivity contribution in [1.82, 2.24) is 0 Å². The van der Waals surface area contributed by atoms with Crippen LogP contribution < -0.4 is 10.5 Å². The van der Waals surface area contributed by atoms with Crippen molar-refractivity contribution >= 4 is 0 Å². The van der Waals surface area contributed by atoms with Gasteiger partial charge in [-0.05, 0) is 42.5 Å². The van der Waals surface area contributed by atoms with Crippen LogP contribution in [0.25, 0.3) is 0 Å². The molecule has 1 aliphatic carbocycles. The van der Waals surface area contributed by atoms with E-state index < -0.39 is 12.8 Å². The third-order valence-electron chi connectivity index (χ3n) is 2.85. The molecular weight excluding hydrogens is 231 g/mol. The molecule has 2 rings (SSSR count). The minimum Gasteiger partial charge on any atom is -0.484 e. The summed E-state index contributed by atoms with van der Waals surface area (Å²) in [4.78, 5) is 0. The molecule has 94 valence electrons. The minimum atomic E-state index is -4.30. The summed E-state index contributed by atoms with van der Waals surface area (Å²) in [5.41, 5.74) is 8.65. The average Bonchev–Trinajstić information content (AvgIpc) is 2.52. The van der Waals surface area contributed by atoms with Crippen molar-refractivity contribution in [2.24, 2.45) is 5.73 Å². The van der Waals surface area contributed by atoms with Crippen molar-refractivity contribution in [3.63, 3.8) is 0 Å². The third-order valence-corrected chi connectivity index (χ3v) is 2.85. The number of hydrogen-bond acceptors (Lipinski definition) is 2. The second-order valence-corrected chi connectivity index (χ2v) is 4.46. The maximum absolute atomic E-state index is 12.1. The molecule has 0 amide bonds. The van der Waals surface area contributed by atoms with Gasteiger partial charge in [0.25, 0.3) is 0 Å². The molecule has 0 bridgehead atoms. The fourth-order valence-corrected chi connectivity index (χ4v) is 2.12. The highest BCUT2D eigenvalue weighted by Gasteiger charge is 2.29. The summed E-state index contributed by atoms with van der Waals surface area (Å²) in [6.45, 7) is 0.495. The fraction of sp³-hybridized carbons (Fsp3) is 0.500. The van der Waals surface area contributed by atoms with Gasteiger partial charge in [-0.15, -0.1) is 0 Å². The van der Waals surface area contributed by atoms with Gasteiger partial charge in [-0.1, -0.05) is 6.07 Å². The van der Waals surface area contributed by atoms with E-state index in [1.54, 1.807) is 13.0 Å². The van der Waals surface area contributed by atoms with Gasteiger partial charge in [-0.3, -0.25) is 0 Å². The van der Waals surface area contributed by atoms with Gasteiger partial charge >= 0.3 is 6.18 Å². The molecule has 0 aromatic heterocycles. The molecule has 1 aromatic rings. The van der Waals surface area contributed by atoms with Crippen molar-refractivity contribution < 1.29 is 17.9 Å². The van der Waals surface area contributed by atoms with Gasteiger partial charge in [-0.25, -0.2) is 0 Å². The van der Waals surface area contributed by atoms with E-state index >= 15 is 0 Å². The van der Waals surface area contributed by atoms with Gasteiger partial charge in [0.1, 0.15) is 5.75 Å². The quantitative estimate of drug-likeness (QED) is 0.868. The van der Waals surface area contributed by atoms with E-state index in [-0.39, 0.29) is 6.04 Å². The topological polar surface area (TPSA) is 35.2 Å². The van der Waals surface area contributed by atoms with Crippen LogP contribution in [0.4, 0.5) is 13.2 Å². The van der Waals surface area contributed by atoms with E-state index in [4.69, 9.17) is 10.5 Å². The molecule has 0 aliphatic heterocycles. The first-order chi connectivity index (χ1) is 7.85. The number of fused-ring (bicyclic) bond motifs is 1. The standard InChI is InChI=1S/C12H14F3NO/c1-7-2-8-3-10(16)4-9(8)5-11(7)17-6-12(13,14)15/h2,5,10H,3-4,6,16H2,1H3. The Bertz CT molecular complexity index is 428. The summed E-state index contributed by atoms with van der Waals surface area (Å²) < 4.78 is 41.0. The first-order valence-corrected chi connectivity index (χ1v) is 5.42. The lowest BCUT2D eigenvalue weighted by molar-refractivity contribution is -0.153. The molecule has 0 heterocycles. The Morgan fingerprint density at radius 3 is 2.47 bits per heavy atom. The lowest BCUT2D eigenvalue weighted by Gasteiger charge is -2.13. The van der Waals surface area contributed by atoms with Gasteiger partial charge in [0.2, 0.25) is 0 Å². The van der Waals surface area contributed by atoms with Crippen LogP contribution in [0.5, 0.6) is 5.75 Å². The Morgan fingerprint density at radius 2 is 1.88 bits per heavy atom. The number of benzene rings is 1. The van der Waals surface area contributed by atoms with Gasteiger partial charge in [0.15, 0.2) is 6.61 Å². The Labute approximate surface area is 97.6 Å². The van der Waals surface area contributed by atoms with E-state index in [0.29, 0.717) is 12.2 Å². The van der Waals surface area contributed by atoms with Crippen molar-refractivity contribution in [2.75, 3.05) is 6.61 Å². The average molecular weight is 245 g/mol. The van der Waals surface area contributed by atoms with E-state index in [0.717, 1.165) is 23.1 Å². The Morgan fingerprint density at radius 1 is 1.29 bits per heavy atom. The van der Waals surface area contributed by atoms with E-state index in [2.05, 4.69) is 0 Å². The summed E-state index contributed by atoms with van der Waals surface area (Å²) in [6, 6.07) is 3.62. The molecule has 2 nitrogen and oxygen atoms in total. The number of aryl methyl sites for hydroxylation is 1. The Balaban J connectivity index is 2.17. The van der Waals surface area contributed by atoms with Crippen molar-refractivity contribution in [1.29, 1.82) is 0 Å². The van der Waals surface area contributed by atoms with E-state index in [9.17, 15) is 13.2 Å². The Kier molecular flexibility index (Phi) is 3.03. The smallest absolute Gasteiger partial charge is 0.422 e. The van der Waals surface area contributed by atoms with Crippen LogP contribution in [-0.2, 0) is 12.8 Å². The van der Waals surface area contributed by atoms with Gasteiger partial charge in [-0.2, -0.15) is 13.2 Å². The number of halogens is 3. The SMILES string of the molecule is Cc1cc2c(cc1OCC(F)(F)F)CC(N)C2. The van der Waals surface area contributed by atoms with Crippen LogP contribution in [0, 0.1) is 6.92 Å². The predicted molar refractivity (Wildman–Crippen MR) is 58.1 cm³/mol.